The highest BCUT2D eigenvalue weighted by molar-refractivity contribution is 8.01. The van der Waals surface area contributed by atoms with Gasteiger partial charge in [-0.1, -0.05) is 26.8 Å². The molecule has 0 aliphatic carbocycles. The Morgan fingerprint density at radius 2 is 1.77 bits per heavy atom. The number of methoxy groups -OCH3 is 2. The number of hydrogen-bond acceptors (Lipinski definition) is 10. The summed E-state index contributed by atoms with van der Waals surface area (Å²) in [5.74, 6) is 2.66. The molecule has 1 unspecified atom stereocenters. The van der Waals surface area contributed by atoms with Crippen LogP contribution in [0.5, 0.6) is 11.5 Å². The van der Waals surface area contributed by atoms with Crippen molar-refractivity contribution < 1.29 is 13.9 Å². The second-order valence-corrected chi connectivity index (χ2v) is 10.1. The van der Waals surface area contributed by atoms with Gasteiger partial charge in [-0.05, 0) is 30.0 Å². The number of benzene rings is 1. The van der Waals surface area contributed by atoms with E-state index in [1.54, 1.807) is 14.2 Å². The molecule has 4 aromatic rings. The molecular formula is C23H26FN7O2S2. The van der Waals surface area contributed by atoms with Crippen LogP contribution < -0.4 is 14.2 Å². The minimum absolute atomic E-state index is 0.0565. The first kappa shape index (κ1) is 24.9. The van der Waals surface area contributed by atoms with E-state index in [0.717, 1.165) is 10.7 Å². The van der Waals surface area contributed by atoms with Crippen LogP contribution in [0.3, 0.4) is 0 Å². The second-order valence-electron chi connectivity index (χ2n) is 7.98. The monoisotopic (exact) mass is 515 g/mol. The van der Waals surface area contributed by atoms with Gasteiger partial charge in [-0.15, -0.1) is 21.5 Å². The van der Waals surface area contributed by atoms with Gasteiger partial charge in [0, 0.05) is 17.1 Å². The maximum absolute atomic E-state index is 13.1. The van der Waals surface area contributed by atoms with Crippen molar-refractivity contribution in [1.82, 2.24) is 29.7 Å². The lowest BCUT2D eigenvalue weighted by atomic mass is 10.2. The first-order valence-electron chi connectivity index (χ1n) is 10.9. The fraction of sp³-hybridized carbons (Fsp3) is 0.348. The van der Waals surface area contributed by atoms with Gasteiger partial charge in [0.25, 0.3) is 0 Å². The van der Waals surface area contributed by atoms with Gasteiger partial charge in [0.1, 0.15) is 23.0 Å². The highest BCUT2D eigenvalue weighted by Crippen LogP contribution is 2.39. The Morgan fingerprint density at radius 1 is 1.09 bits per heavy atom. The minimum Gasteiger partial charge on any atom is -0.494 e. The number of halogens is 1. The molecule has 4 rings (SSSR count). The summed E-state index contributed by atoms with van der Waals surface area (Å²) in [7, 11) is 3.21. The van der Waals surface area contributed by atoms with E-state index in [2.05, 4.69) is 38.7 Å². The molecule has 0 aliphatic rings. The summed E-state index contributed by atoms with van der Waals surface area (Å²) < 4.78 is 29.6. The summed E-state index contributed by atoms with van der Waals surface area (Å²) in [5, 5.41) is 11.7. The summed E-state index contributed by atoms with van der Waals surface area (Å²) in [4.78, 5) is 12.9. The Kier molecular flexibility index (Phi) is 7.81. The predicted molar refractivity (Wildman–Crippen MR) is 136 cm³/mol. The van der Waals surface area contributed by atoms with Crippen molar-refractivity contribution in [3.8, 4) is 28.0 Å². The van der Waals surface area contributed by atoms with E-state index in [-0.39, 0.29) is 5.25 Å². The fourth-order valence-corrected chi connectivity index (χ4v) is 4.93. The molecule has 0 saturated carbocycles. The third-order valence-electron chi connectivity index (χ3n) is 5.09. The molecule has 0 amide bonds. The molecule has 0 spiro atoms. The van der Waals surface area contributed by atoms with E-state index < -0.39 is 5.82 Å². The van der Waals surface area contributed by atoms with Crippen LogP contribution in [0.1, 0.15) is 38.2 Å². The average Bonchev–Trinajstić information content (AvgIpc) is 3.51. The first-order chi connectivity index (χ1) is 16.9. The van der Waals surface area contributed by atoms with Crippen LogP contribution in [0.25, 0.3) is 16.5 Å². The third-order valence-corrected chi connectivity index (χ3v) is 6.81. The van der Waals surface area contributed by atoms with Crippen molar-refractivity contribution in [1.29, 1.82) is 0 Å². The molecule has 0 aliphatic heterocycles. The minimum atomic E-state index is -0.457. The Morgan fingerprint density at radius 3 is 2.37 bits per heavy atom. The predicted octanol–water partition coefficient (Wildman–Crippen LogP) is 5.15. The Balaban J connectivity index is 1.70. The van der Waals surface area contributed by atoms with Gasteiger partial charge in [0.05, 0.1) is 32.3 Å². The molecule has 35 heavy (non-hydrogen) atoms. The van der Waals surface area contributed by atoms with E-state index >= 15 is 0 Å². The SMILES string of the molecule is COc1cccc(OC)c1-n1c(NSC(C)Cc2ncc(F)cn2)nnc1-c1nc(C(C)C)cs1. The number of hydrogen-bond donors (Lipinski definition) is 1. The summed E-state index contributed by atoms with van der Waals surface area (Å²) in [6, 6.07) is 5.57. The molecule has 0 radical (unpaired) electrons. The van der Waals surface area contributed by atoms with Crippen LogP contribution in [0.4, 0.5) is 10.3 Å². The Labute approximate surface area is 211 Å². The van der Waals surface area contributed by atoms with Crippen molar-refractivity contribution in [2.75, 3.05) is 18.9 Å². The molecule has 184 valence electrons. The normalized spacial score (nSPS) is 12.1. The van der Waals surface area contributed by atoms with Crippen molar-refractivity contribution in [3.63, 3.8) is 0 Å². The van der Waals surface area contributed by atoms with Crippen molar-refractivity contribution in [3.05, 3.63) is 53.3 Å². The van der Waals surface area contributed by atoms with Crippen LogP contribution in [-0.4, -0.2) is 49.2 Å². The van der Waals surface area contributed by atoms with Crippen molar-refractivity contribution in [2.24, 2.45) is 0 Å². The lowest BCUT2D eigenvalue weighted by molar-refractivity contribution is 0.391. The van der Waals surface area contributed by atoms with E-state index in [4.69, 9.17) is 14.5 Å². The van der Waals surface area contributed by atoms with E-state index in [1.807, 2.05) is 35.1 Å². The highest BCUT2D eigenvalue weighted by Gasteiger charge is 2.25. The summed E-state index contributed by atoms with van der Waals surface area (Å²) in [6.07, 6.45) is 2.88. The van der Waals surface area contributed by atoms with E-state index in [9.17, 15) is 4.39 Å². The Bertz CT molecular complexity index is 1260. The van der Waals surface area contributed by atoms with Gasteiger partial charge >= 0.3 is 0 Å². The number of para-hydroxylation sites is 1. The fourth-order valence-electron chi connectivity index (χ4n) is 3.30. The molecule has 3 aromatic heterocycles. The summed E-state index contributed by atoms with van der Waals surface area (Å²) in [5.41, 5.74) is 1.65. The Hall–Kier alpha value is -3.25. The topological polar surface area (TPSA) is 99.9 Å². The molecular weight excluding hydrogens is 489 g/mol. The van der Waals surface area contributed by atoms with Gasteiger partial charge in [-0.2, -0.15) is 0 Å². The van der Waals surface area contributed by atoms with Gasteiger partial charge < -0.3 is 9.47 Å². The molecule has 9 nitrogen and oxygen atoms in total. The third kappa shape index (κ3) is 5.54. The molecule has 3 heterocycles. The maximum atomic E-state index is 13.1. The van der Waals surface area contributed by atoms with Crippen LogP contribution >= 0.6 is 23.3 Å². The molecule has 1 aromatic carbocycles. The number of anilines is 1. The van der Waals surface area contributed by atoms with E-state index in [0.29, 0.717) is 47.1 Å². The molecule has 0 bridgehead atoms. The van der Waals surface area contributed by atoms with Gasteiger partial charge in [0.15, 0.2) is 16.6 Å². The van der Waals surface area contributed by atoms with Crippen LogP contribution in [0.2, 0.25) is 0 Å². The second kappa shape index (κ2) is 11.0. The van der Waals surface area contributed by atoms with Gasteiger partial charge in [-0.25, -0.2) is 19.3 Å². The maximum Gasteiger partial charge on any atom is 0.239 e. The number of nitrogens with zero attached hydrogens (tertiary/aromatic N) is 6. The number of thiazole rings is 1. The van der Waals surface area contributed by atoms with Crippen molar-refractivity contribution >= 4 is 29.2 Å². The zero-order chi connectivity index (χ0) is 24.9. The zero-order valence-electron chi connectivity index (χ0n) is 20.0. The molecule has 0 fully saturated rings. The highest BCUT2D eigenvalue weighted by atomic mass is 32.2. The smallest absolute Gasteiger partial charge is 0.239 e. The number of rotatable bonds is 10. The first-order valence-corrected chi connectivity index (χ1v) is 12.7. The molecule has 1 atom stereocenters. The number of ether oxygens (including phenoxy) is 2. The van der Waals surface area contributed by atoms with Crippen LogP contribution in [0, 0.1) is 5.82 Å². The lowest BCUT2D eigenvalue weighted by Crippen LogP contribution is -2.11. The molecule has 12 heteroatoms. The average molecular weight is 516 g/mol. The standard InChI is InChI=1S/C23H26FN7O2S2/c1-13(2)16-12-34-22(27-16)21-28-29-23(30-35-14(3)9-19-25-10-15(24)11-26-19)31(21)20-17(32-4)7-6-8-18(20)33-5/h6-8,10-14H,9H2,1-5H3,(H,29,30). The number of nitrogens with one attached hydrogen (secondary N) is 1. The molecule has 0 saturated heterocycles. The van der Waals surface area contributed by atoms with E-state index in [1.165, 1.54) is 35.7 Å². The largest absolute Gasteiger partial charge is 0.494 e. The van der Waals surface area contributed by atoms with Crippen molar-refractivity contribution in [2.45, 2.75) is 38.4 Å². The zero-order valence-corrected chi connectivity index (χ0v) is 21.7. The summed E-state index contributed by atoms with van der Waals surface area (Å²) >= 11 is 2.95. The summed E-state index contributed by atoms with van der Waals surface area (Å²) in [6.45, 7) is 6.22. The van der Waals surface area contributed by atoms with Crippen LogP contribution in [0.15, 0.2) is 36.0 Å². The molecule has 1 N–H and O–H groups in total. The van der Waals surface area contributed by atoms with Gasteiger partial charge in [0.2, 0.25) is 5.95 Å². The lowest BCUT2D eigenvalue weighted by Gasteiger charge is -2.17. The number of aromatic nitrogens is 6. The van der Waals surface area contributed by atoms with Crippen LogP contribution in [-0.2, 0) is 6.42 Å². The van der Waals surface area contributed by atoms with Gasteiger partial charge in [-0.3, -0.25) is 9.29 Å². The quantitative estimate of drug-likeness (QED) is 0.287.